The summed E-state index contributed by atoms with van der Waals surface area (Å²) in [5, 5.41) is 2.15. The molecule has 1 aliphatic carbocycles. The molecule has 1 aromatic heterocycles. The van der Waals surface area contributed by atoms with E-state index < -0.39 is 0 Å². The lowest BCUT2D eigenvalue weighted by Crippen LogP contribution is -2.29. The maximum absolute atomic E-state index is 5.57. The van der Waals surface area contributed by atoms with E-state index in [1.807, 2.05) is 11.8 Å². The van der Waals surface area contributed by atoms with E-state index in [1.165, 1.54) is 10.4 Å². The van der Waals surface area contributed by atoms with Crippen LogP contribution < -0.4 is 0 Å². The van der Waals surface area contributed by atoms with Gasteiger partial charge in [0.15, 0.2) is 0 Å². The van der Waals surface area contributed by atoms with Crippen LogP contribution in [0.3, 0.4) is 0 Å². The highest BCUT2D eigenvalue weighted by atomic mass is 32.1. The molecule has 1 atom stereocenters. The molecule has 2 heterocycles. The van der Waals surface area contributed by atoms with Gasteiger partial charge in [-0.15, -0.1) is 11.3 Å². The monoisotopic (exact) mass is 340 g/mol. The Bertz CT molecular complexity index is 526. The van der Waals surface area contributed by atoms with Crippen molar-refractivity contribution in [2.24, 2.45) is 4.99 Å². The molecule has 6 heteroatoms. The summed E-state index contributed by atoms with van der Waals surface area (Å²) in [6, 6.07) is 3.19. The highest BCUT2D eigenvalue weighted by Gasteiger charge is 2.28. The molecule has 1 aromatic rings. The van der Waals surface area contributed by atoms with Gasteiger partial charge in [-0.05, 0) is 43.2 Å². The normalized spacial score (nSPS) is 21.3. The highest BCUT2D eigenvalue weighted by Crippen LogP contribution is 2.38. The molecule has 0 radical (unpaired) electrons. The van der Waals surface area contributed by atoms with Crippen LogP contribution in [-0.4, -0.2) is 42.8 Å². The van der Waals surface area contributed by atoms with Crippen molar-refractivity contribution < 1.29 is 9.47 Å². The van der Waals surface area contributed by atoms with Crippen LogP contribution in [0.1, 0.15) is 43.2 Å². The first kappa shape index (κ1) is 17.4. The summed E-state index contributed by atoms with van der Waals surface area (Å²) in [5.41, 5.74) is 1.45. The first-order valence-corrected chi connectivity index (χ1v) is 9.00. The Morgan fingerprint density at radius 2 is 2.41 bits per heavy atom. The Morgan fingerprint density at radius 3 is 3.05 bits per heavy atom. The first-order valence-electron chi connectivity index (χ1n) is 7.71. The van der Waals surface area contributed by atoms with E-state index in [9.17, 15) is 0 Å². The van der Waals surface area contributed by atoms with Crippen LogP contribution >= 0.6 is 23.6 Å². The number of methoxy groups -OCH3 is 1. The zero-order valence-corrected chi connectivity index (χ0v) is 15.1. The van der Waals surface area contributed by atoms with Gasteiger partial charge in [0, 0.05) is 18.6 Å². The van der Waals surface area contributed by atoms with Crippen molar-refractivity contribution in [1.82, 2.24) is 4.90 Å². The quantitative estimate of drug-likeness (QED) is 0.784. The third-order valence-electron chi connectivity index (χ3n) is 3.60. The Kier molecular flexibility index (Phi) is 6.79. The van der Waals surface area contributed by atoms with Crippen molar-refractivity contribution in [3.05, 3.63) is 21.9 Å². The summed E-state index contributed by atoms with van der Waals surface area (Å²) in [6.07, 6.45) is 3.35. The van der Waals surface area contributed by atoms with Gasteiger partial charge in [-0.25, -0.2) is 4.99 Å². The number of ether oxygens (including phenoxy) is 2. The van der Waals surface area contributed by atoms with Crippen LogP contribution in [0.5, 0.6) is 0 Å². The maximum atomic E-state index is 5.57. The molecule has 2 aliphatic rings. The lowest BCUT2D eigenvalue weighted by Gasteiger charge is -2.15. The fourth-order valence-corrected chi connectivity index (χ4v) is 3.73. The fraction of sp³-hybridized carbons (Fsp3) is 0.625. The van der Waals surface area contributed by atoms with Gasteiger partial charge in [-0.3, -0.25) is 4.90 Å². The summed E-state index contributed by atoms with van der Waals surface area (Å²) >= 11 is 7.00. The Balaban J connectivity index is 0.000000309. The van der Waals surface area contributed by atoms with Gasteiger partial charge in [0.2, 0.25) is 0 Å². The number of aliphatic imine (C=N–C) groups is 1. The second-order valence-electron chi connectivity index (χ2n) is 5.29. The number of aryl methyl sites for hydroxylation is 1. The van der Waals surface area contributed by atoms with Crippen LogP contribution in [0.15, 0.2) is 16.4 Å². The summed E-state index contributed by atoms with van der Waals surface area (Å²) in [5.74, 6) is 0. The fourth-order valence-electron chi connectivity index (χ4n) is 2.53. The van der Waals surface area contributed by atoms with Gasteiger partial charge in [-0.2, -0.15) is 0 Å². The first-order chi connectivity index (χ1) is 10.7. The van der Waals surface area contributed by atoms with Gasteiger partial charge >= 0.3 is 0 Å². The van der Waals surface area contributed by atoms with Gasteiger partial charge in [-0.1, -0.05) is 19.1 Å². The van der Waals surface area contributed by atoms with Gasteiger partial charge < -0.3 is 9.47 Å². The Labute approximate surface area is 142 Å². The van der Waals surface area contributed by atoms with E-state index in [0.29, 0.717) is 12.6 Å². The standard InChI is InChI=1S/C12H14N2OS2.C4H10O/c1-8(16)14-5-6-15-12(14)13-10-3-2-9-4-7-17-11(9)10;1-3-4-5-2/h4,7,10H,2-3,5-6H2,1H3;3-4H2,1-2H3. The number of thiophene rings is 1. The Hall–Kier alpha value is -0.980. The summed E-state index contributed by atoms with van der Waals surface area (Å²) in [6.45, 7) is 6.42. The average molecular weight is 341 g/mol. The minimum atomic E-state index is 0.273. The van der Waals surface area contributed by atoms with E-state index >= 15 is 0 Å². The van der Waals surface area contributed by atoms with Gasteiger partial charge in [0.25, 0.3) is 6.02 Å². The van der Waals surface area contributed by atoms with Gasteiger partial charge in [0.05, 0.1) is 17.6 Å². The molecule has 1 fully saturated rings. The van der Waals surface area contributed by atoms with Gasteiger partial charge in [0.1, 0.15) is 6.61 Å². The molecule has 22 heavy (non-hydrogen) atoms. The second-order valence-corrected chi connectivity index (χ2v) is 6.83. The zero-order chi connectivity index (χ0) is 15.9. The molecule has 0 spiro atoms. The second kappa shape index (κ2) is 8.60. The summed E-state index contributed by atoms with van der Waals surface area (Å²) < 4.78 is 10.3. The number of nitrogens with zero attached hydrogens (tertiary/aromatic N) is 2. The van der Waals surface area contributed by atoms with E-state index in [2.05, 4.69) is 18.4 Å². The number of rotatable bonds is 3. The molecule has 0 aromatic carbocycles. The van der Waals surface area contributed by atoms with E-state index in [-0.39, 0.29) is 6.04 Å². The lowest BCUT2D eigenvalue weighted by molar-refractivity contribution is 0.199. The molecule has 3 rings (SSSR count). The number of hydrogen-bond acceptors (Lipinski definition) is 5. The van der Waals surface area contributed by atoms with E-state index in [4.69, 9.17) is 26.7 Å². The zero-order valence-electron chi connectivity index (χ0n) is 13.5. The topological polar surface area (TPSA) is 34.1 Å². The van der Waals surface area contributed by atoms with Crippen molar-refractivity contribution in [2.45, 2.75) is 39.2 Å². The molecule has 4 nitrogen and oxygen atoms in total. The Morgan fingerprint density at radius 1 is 1.59 bits per heavy atom. The minimum Gasteiger partial charge on any atom is -0.463 e. The smallest absolute Gasteiger partial charge is 0.293 e. The molecule has 0 saturated carbocycles. The number of fused-ring (bicyclic) bond motifs is 1. The third-order valence-corrected chi connectivity index (χ3v) is 4.88. The number of hydrogen-bond donors (Lipinski definition) is 0. The van der Waals surface area contributed by atoms with Crippen LogP contribution in [0, 0.1) is 0 Å². The van der Waals surface area contributed by atoms with Crippen LogP contribution in [0.25, 0.3) is 0 Å². The predicted octanol–water partition coefficient (Wildman–Crippen LogP) is 3.81. The largest absolute Gasteiger partial charge is 0.463 e. The van der Waals surface area contributed by atoms with E-state index in [0.717, 1.165) is 37.4 Å². The molecule has 1 aliphatic heterocycles. The molecule has 0 bridgehead atoms. The van der Waals surface area contributed by atoms with Crippen LogP contribution in [-0.2, 0) is 15.9 Å². The van der Waals surface area contributed by atoms with Crippen molar-refractivity contribution in [1.29, 1.82) is 0 Å². The average Bonchev–Trinajstić information content (AvgIpc) is 3.19. The number of amidine groups is 1. The maximum Gasteiger partial charge on any atom is 0.293 e. The minimum absolute atomic E-state index is 0.273. The molecular formula is C16H24N2O2S2. The van der Waals surface area contributed by atoms with Crippen molar-refractivity contribution >= 4 is 34.6 Å². The molecule has 0 N–H and O–H groups in total. The molecule has 122 valence electrons. The number of thiocarbonyl (C=S) groups is 1. The molecular weight excluding hydrogens is 316 g/mol. The highest BCUT2D eigenvalue weighted by molar-refractivity contribution is 7.80. The lowest BCUT2D eigenvalue weighted by atomic mass is 10.3. The van der Waals surface area contributed by atoms with E-state index in [1.54, 1.807) is 18.4 Å². The molecule has 1 saturated heterocycles. The molecule has 0 amide bonds. The van der Waals surface area contributed by atoms with Crippen molar-refractivity contribution in [3.8, 4) is 0 Å². The summed E-state index contributed by atoms with van der Waals surface area (Å²) in [7, 11) is 1.71. The SMILES string of the molecule is CC(=S)N1CCOC1=NC1CCc2ccsc21.CCCOC. The third kappa shape index (κ3) is 4.27. The van der Waals surface area contributed by atoms with Crippen molar-refractivity contribution in [3.63, 3.8) is 0 Å². The van der Waals surface area contributed by atoms with Crippen LogP contribution in [0.4, 0.5) is 0 Å². The van der Waals surface area contributed by atoms with Crippen LogP contribution in [0.2, 0.25) is 0 Å². The summed E-state index contributed by atoms with van der Waals surface area (Å²) in [4.78, 5) is 8.96. The molecule has 1 unspecified atom stereocenters. The van der Waals surface area contributed by atoms with Crippen molar-refractivity contribution in [2.75, 3.05) is 26.9 Å². The predicted molar refractivity (Wildman–Crippen MR) is 95.9 cm³/mol.